The number of rotatable bonds is 6. The van der Waals surface area contributed by atoms with Gasteiger partial charge in [-0.15, -0.1) is 0 Å². The number of hydrogen-bond acceptors (Lipinski definition) is 3. The number of piperazine rings is 1. The largest absolute Gasteiger partial charge is 0.337 e. The van der Waals surface area contributed by atoms with Crippen LogP contribution in [-0.4, -0.2) is 61.0 Å². The van der Waals surface area contributed by atoms with E-state index in [1.54, 1.807) is 0 Å². The van der Waals surface area contributed by atoms with Gasteiger partial charge in [-0.3, -0.25) is 9.69 Å². The van der Waals surface area contributed by atoms with Crippen molar-refractivity contribution >= 4 is 11.9 Å². The van der Waals surface area contributed by atoms with E-state index in [1.165, 1.54) is 0 Å². The molecule has 2 N–H and O–H groups in total. The third-order valence-electron chi connectivity index (χ3n) is 4.69. The molecule has 1 saturated heterocycles. The summed E-state index contributed by atoms with van der Waals surface area (Å²) in [5.41, 5.74) is 1.81. The summed E-state index contributed by atoms with van der Waals surface area (Å²) in [6, 6.07) is 19.1. The molecular weight excluding hydrogens is 340 g/mol. The summed E-state index contributed by atoms with van der Waals surface area (Å²) in [5, 5.41) is 5.74. The molecule has 0 unspecified atom stereocenters. The van der Waals surface area contributed by atoms with E-state index in [9.17, 15) is 9.59 Å². The highest BCUT2D eigenvalue weighted by Crippen LogP contribution is 2.08. The zero-order valence-electron chi connectivity index (χ0n) is 15.4. The summed E-state index contributed by atoms with van der Waals surface area (Å²) in [7, 11) is 0. The van der Waals surface area contributed by atoms with Crippen LogP contribution >= 0.6 is 0 Å². The zero-order valence-corrected chi connectivity index (χ0v) is 15.4. The fourth-order valence-electron chi connectivity index (χ4n) is 3.11. The minimum atomic E-state index is -0.156. The van der Waals surface area contributed by atoms with Crippen LogP contribution in [0.15, 0.2) is 60.7 Å². The lowest BCUT2D eigenvalue weighted by atomic mass is 10.2. The summed E-state index contributed by atoms with van der Waals surface area (Å²) in [5.74, 6) is 0.0914. The highest BCUT2D eigenvalue weighted by Gasteiger charge is 2.21. The number of hydrogen-bond donors (Lipinski definition) is 2. The molecular formula is C21H26N4O2. The Kier molecular flexibility index (Phi) is 6.82. The van der Waals surface area contributed by atoms with Crippen molar-refractivity contribution in [2.75, 3.05) is 39.3 Å². The minimum Gasteiger partial charge on any atom is -0.337 e. The SMILES string of the molecule is O=C(NCCN1CCN(C(=O)c2ccccc2)CC1)NCc1ccccc1. The van der Waals surface area contributed by atoms with Crippen LogP contribution in [0.4, 0.5) is 4.79 Å². The van der Waals surface area contributed by atoms with Gasteiger partial charge in [0.15, 0.2) is 0 Å². The number of urea groups is 1. The monoisotopic (exact) mass is 366 g/mol. The van der Waals surface area contributed by atoms with Crippen molar-refractivity contribution in [2.45, 2.75) is 6.54 Å². The Balaban J connectivity index is 1.31. The number of nitrogens with zero attached hydrogens (tertiary/aromatic N) is 2. The summed E-state index contributed by atoms with van der Waals surface area (Å²) in [6.07, 6.45) is 0. The predicted octanol–water partition coefficient (Wildman–Crippen LogP) is 1.94. The molecule has 1 heterocycles. The molecule has 6 heteroatoms. The average Bonchev–Trinajstić information content (AvgIpc) is 2.74. The van der Waals surface area contributed by atoms with E-state index in [2.05, 4.69) is 15.5 Å². The third kappa shape index (κ3) is 5.82. The van der Waals surface area contributed by atoms with Gasteiger partial charge in [-0.1, -0.05) is 48.5 Å². The summed E-state index contributed by atoms with van der Waals surface area (Å²) < 4.78 is 0. The molecule has 6 nitrogen and oxygen atoms in total. The van der Waals surface area contributed by atoms with Crippen LogP contribution in [0.3, 0.4) is 0 Å². The Morgan fingerprint density at radius 1 is 0.815 bits per heavy atom. The average molecular weight is 366 g/mol. The first-order valence-corrected chi connectivity index (χ1v) is 9.35. The van der Waals surface area contributed by atoms with Crippen LogP contribution in [-0.2, 0) is 6.54 Å². The summed E-state index contributed by atoms with van der Waals surface area (Å²) in [4.78, 5) is 28.5. The number of nitrogens with one attached hydrogen (secondary N) is 2. The van der Waals surface area contributed by atoms with Gasteiger partial charge in [0.05, 0.1) is 0 Å². The Labute approximate surface area is 160 Å². The second-order valence-electron chi connectivity index (χ2n) is 6.59. The molecule has 1 fully saturated rings. The molecule has 3 rings (SSSR count). The maximum atomic E-state index is 12.4. The topological polar surface area (TPSA) is 64.7 Å². The molecule has 1 aliphatic heterocycles. The summed E-state index contributed by atoms with van der Waals surface area (Å²) >= 11 is 0. The lowest BCUT2D eigenvalue weighted by molar-refractivity contribution is 0.0639. The molecule has 0 radical (unpaired) electrons. The fraction of sp³-hybridized carbons (Fsp3) is 0.333. The van der Waals surface area contributed by atoms with Crippen LogP contribution in [0.1, 0.15) is 15.9 Å². The van der Waals surface area contributed by atoms with Crippen LogP contribution < -0.4 is 10.6 Å². The molecule has 0 aliphatic carbocycles. The first kappa shape index (κ1) is 18.9. The molecule has 27 heavy (non-hydrogen) atoms. The van der Waals surface area contributed by atoms with Crippen molar-refractivity contribution in [2.24, 2.45) is 0 Å². The van der Waals surface area contributed by atoms with Crippen molar-refractivity contribution in [3.05, 3.63) is 71.8 Å². The second kappa shape index (κ2) is 9.73. The van der Waals surface area contributed by atoms with Gasteiger partial charge in [0.2, 0.25) is 0 Å². The molecule has 0 spiro atoms. The lowest BCUT2D eigenvalue weighted by Crippen LogP contribution is -2.50. The van der Waals surface area contributed by atoms with Gasteiger partial charge < -0.3 is 15.5 Å². The molecule has 0 aromatic heterocycles. The molecule has 3 amide bonds. The molecule has 2 aromatic rings. The van der Waals surface area contributed by atoms with Gasteiger partial charge >= 0.3 is 6.03 Å². The van der Waals surface area contributed by atoms with Crippen molar-refractivity contribution < 1.29 is 9.59 Å². The van der Waals surface area contributed by atoms with Gasteiger partial charge in [-0.25, -0.2) is 4.79 Å². The van der Waals surface area contributed by atoms with E-state index >= 15 is 0 Å². The van der Waals surface area contributed by atoms with Gasteiger partial charge in [0.1, 0.15) is 0 Å². The molecule has 0 saturated carbocycles. The van der Waals surface area contributed by atoms with Gasteiger partial charge in [0, 0.05) is 51.4 Å². The third-order valence-corrected chi connectivity index (χ3v) is 4.69. The second-order valence-corrected chi connectivity index (χ2v) is 6.59. The minimum absolute atomic E-state index is 0.0914. The first-order valence-electron chi connectivity index (χ1n) is 9.35. The number of amides is 3. The lowest BCUT2D eigenvalue weighted by Gasteiger charge is -2.34. The highest BCUT2D eigenvalue weighted by molar-refractivity contribution is 5.94. The zero-order chi connectivity index (χ0) is 18.9. The van der Waals surface area contributed by atoms with E-state index in [-0.39, 0.29) is 11.9 Å². The Hall–Kier alpha value is -2.86. The van der Waals surface area contributed by atoms with Crippen LogP contribution in [0, 0.1) is 0 Å². The van der Waals surface area contributed by atoms with E-state index in [0.717, 1.165) is 30.8 Å². The predicted molar refractivity (Wildman–Crippen MR) is 105 cm³/mol. The fourth-order valence-corrected chi connectivity index (χ4v) is 3.11. The molecule has 0 bridgehead atoms. The van der Waals surface area contributed by atoms with Gasteiger partial charge in [0.25, 0.3) is 5.91 Å². The van der Waals surface area contributed by atoms with Crippen molar-refractivity contribution in [1.82, 2.24) is 20.4 Å². The van der Waals surface area contributed by atoms with Crippen molar-refractivity contribution in [1.29, 1.82) is 0 Å². The Bertz CT molecular complexity index is 728. The maximum absolute atomic E-state index is 12.4. The molecule has 142 valence electrons. The maximum Gasteiger partial charge on any atom is 0.315 e. The van der Waals surface area contributed by atoms with E-state index in [1.807, 2.05) is 65.6 Å². The Morgan fingerprint density at radius 2 is 1.44 bits per heavy atom. The van der Waals surface area contributed by atoms with E-state index < -0.39 is 0 Å². The van der Waals surface area contributed by atoms with Crippen molar-refractivity contribution in [3.63, 3.8) is 0 Å². The molecule has 2 aromatic carbocycles. The molecule has 0 atom stereocenters. The van der Waals surface area contributed by atoms with Gasteiger partial charge in [-0.2, -0.15) is 0 Å². The Morgan fingerprint density at radius 3 is 2.11 bits per heavy atom. The standard InChI is InChI=1S/C21H26N4O2/c26-20(19-9-5-2-6-10-19)25-15-13-24(14-16-25)12-11-22-21(27)23-17-18-7-3-1-4-8-18/h1-10H,11-17H2,(H2,22,23,27). The number of carbonyl (C=O) groups is 2. The van der Waals surface area contributed by atoms with Crippen LogP contribution in [0.2, 0.25) is 0 Å². The smallest absolute Gasteiger partial charge is 0.315 e. The number of carbonyl (C=O) groups excluding carboxylic acids is 2. The highest BCUT2D eigenvalue weighted by atomic mass is 16.2. The van der Waals surface area contributed by atoms with E-state index in [4.69, 9.17) is 0 Å². The summed E-state index contributed by atoms with van der Waals surface area (Å²) in [6.45, 7) is 4.98. The number of benzene rings is 2. The van der Waals surface area contributed by atoms with Gasteiger partial charge in [-0.05, 0) is 17.7 Å². The normalized spacial score (nSPS) is 14.6. The quantitative estimate of drug-likeness (QED) is 0.821. The van der Waals surface area contributed by atoms with Crippen LogP contribution in [0.5, 0.6) is 0 Å². The van der Waals surface area contributed by atoms with Crippen LogP contribution in [0.25, 0.3) is 0 Å². The molecule has 1 aliphatic rings. The van der Waals surface area contributed by atoms with E-state index in [0.29, 0.717) is 26.2 Å². The van der Waals surface area contributed by atoms with Crippen molar-refractivity contribution in [3.8, 4) is 0 Å². The first-order chi connectivity index (χ1) is 13.2.